The second kappa shape index (κ2) is 9.81. The lowest BCUT2D eigenvalue weighted by molar-refractivity contribution is -0.125. The maximum absolute atomic E-state index is 12.7. The van der Waals surface area contributed by atoms with Crippen LogP contribution in [0.1, 0.15) is 57.9 Å². The molecular weight excluding hydrogens is 328 g/mol. The largest absolute Gasteiger partial charge is 0.493 e. The summed E-state index contributed by atoms with van der Waals surface area (Å²) in [5, 5.41) is 6.66. The van der Waals surface area contributed by atoms with Gasteiger partial charge in [-0.2, -0.15) is 0 Å². The van der Waals surface area contributed by atoms with Crippen LogP contribution in [0.25, 0.3) is 0 Å². The van der Waals surface area contributed by atoms with Crippen LogP contribution in [-0.2, 0) is 10.2 Å². The van der Waals surface area contributed by atoms with Crippen LogP contribution in [0.4, 0.5) is 0 Å². The number of ether oxygens (including phenoxy) is 2. The predicted octanol–water partition coefficient (Wildman–Crippen LogP) is 3.41. The van der Waals surface area contributed by atoms with Crippen LogP contribution in [0.3, 0.4) is 0 Å². The van der Waals surface area contributed by atoms with Crippen molar-refractivity contribution in [3.8, 4) is 11.5 Å². The molecule has 146 valence electrons. The van der Waals surface area contributed by atoms with E-state index in [1.807, 2.05) is 32.0 Å². The van der Waals surface area contributed by atoms with E-state index in [0.717, 1.165) is 12.1 Å². The third-order valence-electron chi connectivity index (χ3n) is 5.37. The SMILES string of the molecule is COc1ccc(C(C)(C)C(=O)NCCNC2CCCCCC2)cc1OC. The van der Waals surface area contributed by atoms with Gasteiger partial charge in [0.1, 0.15) is 0 Å². The van der Waals surface area contributed by atoms with E-state index in [1.165, 1.54) is 38.5 Å². The molecule has 1 saturated carbocycles. The lowest BCUT2D eigenvalue weighted by atomic mass is 9.83. The summed E-state index contributed by atoms with van der Waals surface area (Å²) in [6.45, 7) is 5.33. The van der Waals surface area contributed by atoms with Crippen LogP contribution in [0.2, 0.25) is 0 Å². The fraction of sp³-hybridized carbons (Fsp3) is 0.667. The topological polar surface area (TPSA) is 59.6 Å². The van der Waals surface area contributed by atoms with Crippen molar-refractivity contribution in [3.05, 3.63) is 23.8 Å². The van der Waals surface area contributed by atoms with Gasteiger partial charge in [-0.1, -0.05) is 31.7 Å². The highest BCUT2D eigenvalue weighted by Gasteiger charge is 2.30. The Hall–Kier alpha value is -1.75. The Morgan fingerprint density at radius 3 is 2.31 bits per heavy atom. The summed E-state index contributed by atoms with van der Waals surface area (Å²) in [5.74, 6) is 1.33. The molecular formula is C21H34N2O3. The first kappa shape index (κ1) is 20.6. The van der Waals surface area contributed by atoms with E-state index in [9.17, 15) is 4.79 Å². The summed E-state index contributed by atoms with van der Waals surface area (Å²) in [6, 6.07) is 6.25. The van der Waals surface area contributed by atoms with Gasteiger partial charge in [-0.05, 0) is 44.4 Å². The minimum absolute atomic E-state index is 0.0207. The molecule has 1 amide bonds. The second-order valence-electron chi connectivity index (χ2n) is 7.59. The van der Waals surface area contributed by atoms with Gasteiger partial charge in [0.25, 0.3) is 0 Å². The quantitative estimate of drug-likeness (QED) is 0.550. The van der Waals surface area contributed by atoms with Crippen molar-refractivity contribution < 1.29 is 14.3 Å². The van der Waals surface area contributed by atoms with Crippen LogP contribution in [0.15, 0.2) is 18.2 Å². The maximum atomic E-state index is 12.7. The minimum atomic E-state index is -0.637. The first-order valence-electron chi connectivity index (χ1n) is 9.73. The van der Waals surface area contributed by atoms with Crippen LogP contribution < -0.4 is 20.1 Å². The normalized spacial score (nSPS) is 16.0. The Morgan fingerprint density at radius 2 is 1.69 bits per heavy atom. The highest BCUT2D eigenvalue weighted by atomic mass is 16.5. The van der Waals surface area contributed by atoms with Gasteiger partial charge in [0.05, 0.1) is 19.6 Å². The summed E-state index contributed by atoms with van der Waals surface area (Å²) in [5.41, 5.74) is 0.270. The lowest BCUT2D eigenvalue weighted by Gasteiger charge is -2.25. The zero-order valence-electron chi connectivity index (χ0n) is 16.7. The molecule has 1 fully saturated rings. The van der Waals surface area contributed by atoms with Crippen molar-refractivity contribution in [1.82, 2.24) is 10.6 Å². The number of amides is 1. The molecule has 0 spiro atoms. The Kier molecular flexibility index (Phi) is 7.76. The van der Waals surface area contributed by atoms with E-state index >= 15 is 0 Å². The summed E-state index contributed by atoms with van der Waals surface area (Å²) in [6.07, 6.45) is 7.85. The number of carbonyl (C=O) groups is 1. The van der Waals surface area contributed by atoms with E-state index in [-0.39, 0.29) is 5.91 Å². The van der Waals surface area contributed by atoms with Gasteiger partial charge >= 0.3 is 0 Å². The Balaban J connectivity index is 1.87. The summed E-state index contributed by atoms with van der Waals surface area (Å²) in [7, 11) is 3.21. The Morgan fingerprint density at radius 1 is 1.04 bits per heavy atom. The highest BCUT2D eigenvalue weighted by Crippen LogP contribution is 2.33. The second-order valence-corrected chi connectivity index (χ2v) is 7.59. The van der Waals surface area contributed by atoms with Crippen molar-refractivity contribution in [3.63, 3.8) is 0 Å². The number of hydrogen-bond acceptors (Lipinski definition) is 4. The summed E-state index contributed by atoms with van der Waals surface area (Å²) >= 11 is 0. The molecule has 1 aromatic carbocycles. The standard InChI is InChI=1S/C21H34N2O3/c1-21(2,16-11-12-18(25-3)19(15-16)26-4)20(24)23-14-13-22-17-9-7-5-6-8-10-17/h11-12,15,17,22H,5-10,13-14H2,1-4H3,(H,23,24). The van der Waals surface area contributed by atoms with Gasteiger partial charge < -0.3 is 20.1 Å². The molecule has 0 heterocycles. The van der Waals surface area contributed by atoms with Crippen molar-refractivity contribution in [1.29, 1.82) is 0 Å². The number of nitrogens with one attached hydrogen (secondary N) is 2. The first-order chi connectivity index (χ1) is 12.5. The Bertz CT molecular complexity index is 579. The summed E-state index contributed by atoms with van der Waals surface area (Å²) < 4.78 is 10.6. The predicted molar refractivity (Wildman–Crippen MR) is 105 cm³/mol. The molecule has 5 heteroatoms. The van der Waals surface area contributed by atoms with Crippen LogP contribution in [-0.4, -0.2) is 39.3 Å². The lowest BCUT2D eigenvalue weighted by Crippen LogP contribution is -2.43. The number of rotatable bonds is 8. The molecule has 1 aliphatic carbocycles. The first-order valence-corrected chi connectivity index (χ1v) is 9.73. The number of benzene rings is 1. The van der Waals surface area contributed by atoms with Gasteiger partial charge in [-0.3, -0.25) is 4.79 Å². The molecule has 0 radical (unpaired) electrons. The smallest absolute Gasteiger partial charge is 0.230 e. The zero-order chi connectivity index (χ0) is 19.0. The third-order valence-corrected chi connectivity index (χ3v) is 5.37. The molecule has 2 rings (SSSR count). The van der Waals surface area contributed by atoms with Gasteiger partial charge in [-0.15, -0.1) is 0 Å². The van der Waals surface area contributed by atoms with Crippen molar-refractivity contribution in [2.45, 2.75) is 63.8 Å². The van der Waals surface area contributed by atoms with Gasteiger partial charge in [0.2, 0.25) is 5.91 Å². The van der Waals surface area contributed by atoms with Crippen LogP contribution in [0, 0.1) is 0 Å². The average Bonchev–Trinajstić information content (AvgIpc) is 2.93. The molecule has 1 aromatic rings. The monoisotopic (exact) mass is 362 g/mol. The van der Waals surface area contributed by atoms with E-state index in [0.29, 0.717) is 24.1 Å². The average molecular weight is 363 g/mol. The highest BCUT2D eigenvalue weighted by molar-refractivity contribution is 5.87. The zero-order valence-corrected chi connectivity index (χ0v) is 16.7. The van der Waals surface area contributed by atoms with Crippen molar-refractivity contribution in [2.24, 2.45) is 0 Å². The maximum Gasteiger partial charge on any atom is 0.230 e. The fourth-order valence-corrected chi connectivity index (χ4v) is 3.51. The molecule has 1 aliphatic rings. The van der Waals surface area contributed by atoms with Crippen molar-refractivity contribution in [2.75, 3.05) is 27.3 Å². The number of hydrogen-bond donors (Lipinski definition) is 2. The molecule has 5 nitrogen and oxygen atoms in total. The van der Waals surface area contributed by atoms with Gasteiger partial charge in [-0.25, -0.2) is 0 Å². The van der Waals surface area contributed by atoms with E-state index in [2.05, 4.69) is 10.6 Å². The van der Waals surface area contributed by atoms with E-state index < -0.39 is 5.41 Å². The third kappa shape index (κ3) is 5.37. The molecule has 0 atom stereocenters. The molecule has 26 heavy (non-hydrogen) atoms. The molecule has 0 aromatic heterocycles. The molecule has 0 saturated heterocycles. The molecule has 0 aliphatic heterocycles. The molecule has 0 unspecified atom stereocenters. The van der Waals surface area contributed by atoms with Crippen LogP contribution in [0.5, 0.6) is 11.5 Å². The van der Waals surface area contributed by atoms with E-state index in [4.69, 9.17) is 9.47 Å². The minimum Gasteiger partial charge on any atom is -0.493 e. The van der Waals surface area contributed by atoms with Crippen LogP contribution >= 0.6 is 0 Å². The number of methoxy groups -OCH3 is 2. The van der Waals surface area contributed by atoms with Gasteiger partial charge in [0.15, 0.2) is 11.5 Å². The number of carbonyl (C=O) groups excluding carboxylic acids is 1. The molecule has 2 N–H and O–H groups in total. The summed E-state index contributed by atoms with van der Waals surface area (Å²) in [4.78, 5) is 12.7. The van der Waals surface area contributed by atoms with Crippen molar-refractivity contribution >= 4 is 5.91 Å². The van der Waals surface area contributed by atoms with Gasteiger partial charge in [0, 0.05) is 19.1 Å². The Labute approximate surface area is 157 Å². The molecule has 0 bridgehead atoms. The fourth-order valence-electron chi connectivity index (χ4n) is 3.51. The van der Waals surface area contributed by atoms with E-state index in [1.54, 1.807) is 14.2 Å².